The summed E-state index contributed by atoms with van der Waals surface area (Å²) in [7, 11) is -3.41. The highest BCUT2D eigenvalue weighted by Gasteiger charge is 2.57. The van der Waals surface area contributed by atoms with Gasteiger partial charge in [-0.3, -0.25) is 9.59 Å². The quantitative estimate of drug-likeness (QED) is 0.0420. The van der Waals surface area contributed by atoms with Gasteiger partial charge in [0.1, 0.15) is 18.0 Å². The van der Waals surface area contributed by atoms with Crippen molar-refractivity contribution >= 4 is 50.2 Å². The number of rotatable bonds is 14. The van der Waals surface area contributed by atoms with Crippen molar-refractivity contribution in [3.63, 3.8) is 0 Å². The molecule has 0 radical (unpaired) electrons. The number of carbonyl (C=O) groups is 3. The maximum Gasteiger partial charge on any atom is 0.354 e. The number of hydrogen-bond acceptors (Lipinski definition) is 15. The lowest BCUT2D eigenvalue weighted by molar-refractivity contribution is -0.754. The molecule has 2 aromatic heterocycles. The van der Waals surface area contributed by atoms with Crippen LogP contribution in [0.4, 0.5) is 5.13 Å². The minimum atomic E-state index is -5.26. The van der Waals surface area contributed by atoms with E-state index in [4.69, 9.17) is 21.0 Å². The Balaban J connectivity index is 1.36. The van der Waals surface area contributed by atoms with E-state index in [1.54, 1.807) is 6.07 Å². The van der Waals surface area contributed by atoms with Gasteiger partial charge >= 0.3 is 5.97 Å². The monoisotopic (exact) mass is 735 g/mol. The van der Waals surface area contributed by atoms with E-state index in [0.29, 0.717) is 23.8 Å². The molecule has 4 atom stereocenters. The fourth-order valence-electron chi connectivity index (χ4n) is 5.80. The Labute approximate surface area is 290 Å². The Kier molecular flexibility index (Phi) is 10.1. The van der Waals surface area contributed by atoms with Crippen molar-refractivity contribution in [1.29, 1.82) is 0 Å². The number of β-lactam (4-membered cyclic amide) rings is 1. The van der Waals surface area contributed by atoms with Crippen LogP contribution in [0.2, 0.25) is 0 Å². The molecule has 0 saturated carbocycles. The number of aliphatic hydroxyl groups excluding tert-OH is 1. The van der Waals surface area contributed by atoms with E-state index < -0.39 is 69.5 Å². The van der Waals surface area contributed by atoms with Crippen LogP contribution >= 0.6 is 11.3 Å². The molecule has 2 unspecified atom stereocenters. The largest absolute Gasteiger partial charge is 0.724 e. The molecule has 20 heteroatoms. The van der Waals surface area contributed by atoms with Gasteiger partial charge in [0.2, 0.25) is 16.6 Å². The first-order valence-electron chi connectivity index (χ1n) is 15.3. The third-order valence-corrected chi connectivity index (χ3v) is 9.86. The number of aliphatic carboxylic acids is 1. The molecular weight excluding hydrogens is 699 g/mol. The molecule has 0 bridgehead atoms. The number of hydroxylamine groups is 2. The van der Waals surface area contributed by atoms with Gasteiger partial charge < -0.3 is 35.8 Å². The SMILES string of the molecule is C[n+]1cc(-c2ccc3c(c2)CCC([C@](C)(O/N=C(\C(=O)CC2C(=O)N(OS(=O)(=O)[O-])C2(C)C)c2csc(N)n2)C(=O)O)O3)cn1C[C@@H](O)CN. The summed E-state index contributed by atoms with van der Waals surface area (Å²) in [5.41, 5.74) is 10.00. The van der Waals surface area contributed by atoms with Crippen LogP contribution in [0.3, 0.4) is 0 Å². The highest BCUT2D eigenvalue weighted by Crippen LogP contribution is 2.41. The highest BCUT2D eigenvalue weighted by atomic mass is 32.3. The molecule has 5 rings (SSSR count). The Morgan fingerprint density at radius 3 is 2.66 bits per heavy atom. The van der Waals surface area contributed by atoms with Crippen molar-refractivity contribution in [3.8, 4) is 16.9 Å². The average Bonchev–Trinajstić information content (AvgIpc) is 3.65. The summed E-state index contributed by atoms with van der Waals surface area (Å²) >= 11 is 0.982. The molecule has 0 aliphatic carbocycles. The molecule has 50 heavy (non-hydrogen) atoms. The number of aliphatic hydroxyl groups is 1. The van der Waals surface area contributed by atoms with Crippen LogP contribution in [0.5, 0.6) is 5.75 Å². The van der Waals surface area contributed by atoms with Gasteiger partial charge in [0.25, 0.3) is 11.5 Å². The minimum Gasteiger partial charge on any atom is -0.724 e. The zero-order valence-electron chi connectivity index (χ0n) is 27.5. The number of nitrogen functional groups attached to an aromatic ring is 1. The number of thiazole rings is 1. The summed E-state index contributed by atoms with van der Waals surface area (Å²) in [4.78, 5) is 48.6. The van der Waals surface area contributed by atoms with Gasteiger partial charge in [0.05, 0.1) is 29.3 Å². The number of nitrogens with two attached hydrogens (primary N) is 2. The normalized spacial score (nSPS) is 20.7. The summed E-state index contributed by atoms with van der Waals surface area (Å²) in [5.74, 6) is -3.82. The van der Waals surface area contributed by atoms with Crippen LogP contribution in [0.25, 0.3) is 11.1 Å². The summed E-state index contributed by atoms with van der Waals surface area (Å²) in [5, 5.41) is 26.1. The van der Waals surface area contributed by atoms with Crippen LogP contribution in [0, 0.1) is 5.92 Å². The van der Waals surface area contributed by atoms with Crippen LogP contribution in [-0.2, 0) is 53.9 Å². The summed E-state index contributed by atoms with van der Waals surface area (Å²) < 4.78 is 47.3. The van der Waals surface area contributed by atoms with Crippen LogP contribution in [-0.4, -0.2) is 91.2 Å². The lowest BCUT2D eigenvalue weighted by Crippen LogP contribution is -2.68. The minimum absolute atomic E-state index is 0.0349. The number of anilines is 1. The third-order valence-electron chi connectivity index (χ3n) is 8.85. The number of carbonyl (C=O) groups excluding carboxylic acids is 2. The van der Waals surface area contributed by atoms with Gasteiger partial charge in [-0.05, 0) is 56.9 Å². The molecule has 0 spiro atoms. The molecule has 6 N–H and O–H groups in total. The number of oxime groups is 1. The van der Waals surface area contributed by atoms with Gasteiger partial charge in [0.15, 0.2) is 29.8 Å². The Morgan fingerprint density at radius 1 is 1.34 bits per heavy atom. The standard InChI is InChI=1S/C30H37N7O11S2/c1-29(2)20(26(40)37(29)48-50(43,44)45)10-22(39)25(21-15-49-28(32)33-21)34-47-30(3,27(41)42)24-8-6-17-9-16(5-7-23(17)46-24)18-12-35(4)36(13-18)14-19(38)11-31/h5,7,9,12-13,15,19-20,24,38H,6,8,10-11,14,31H2,1-4H3,(H3-,32,33,41,42,43,44,45)/b34-25-/t19-,20?,24?,30-/m0/s1. The number of ketones is 1. The van der Waals surface area contributed by atoms with E-state index >= 15 is 0 Å². The number of carboxylic acids is 1. The fraction of sp³-hybridized carbons (Fsp3) is 0.467. The smallest absolute Gasteiger partial charge is 0.354 e. The molecule has 1 amide bonds. The molecule has 18 nitrogen and oxygen atoms in total. The molecule has 1 fully saturated rings. The lowest BCUT2D eigenvalue weighted by atomic mass is 9.74. The van der Waals surface area contributed by atoms with Crippen LogP contribution < -0.4 is 20.9 Å². The predicted molar refractivity (Wildman–Crippen MR) is 174 cm³/mol. The second-order valence-corrected chi connectivity index (χ2v) is 14.6. The van der Waals surface area contributed by atoms with Gasteiger partial charge in [-0.25, -0.2) is 18.2 Å². The Hall–Kier alpha value is -4.47. The van der Waals surface area contributed by atoms with Crippen molar-refractivity contribution in [2.24, 2.45) is 23.9 Å². The number of hydrogen-bond donors (Lipinski definition) is 4. The number of Topliss-reactive ketones (excluding diaryl/α,β-unsaturated/α-hetero) is 1. The van der Waals surface area contributed by atoms with Gasteiger partial charge in [0, 0.05) is 18.3 Å². The van der Waals surface area contributed by atoms with E-state index in [9.17, 15) is 37.6 Å². The number of benzene rings is 1. The average molecular weight is 736 g/mol. The molecule has 270 valence electrons. The van der Waals surface area contributed by atoms with E-state index in [1.165, 1.54) is 26.2 Å². The summed E-state index contributed by atoms with van der Waals surface area (Å²) in [6.07, 6.45) is 2.15. The number of aromatic nitrogens is 3. The lowest BCUT2D eigenvalue weighted by Gasteiger charge is -2.51. The van der Waals surface area contributed by atoms with Gasteiger partial charge in [-0.1, -0.05) is 11.2 Å². The van der Waals surface area contributed by atoms with E-state index in [-0.39, 0.29) is 23.8 Å². The number of ether oxygens (including phenoxy) is 1. The van der Waals surface area contributed by atoms with E-state index in [0.717, 1.165) is 28.0 Å². The van der Waals surface area contributed by atoms with Crippen molar-refractivity contribution < 1.29 is 56.1 Å². The predicted octanol–water partition coefficient (Wildman–Crippen LogP) is -0.116. The Morgan fingerprint density at radius 2 is 2.06 bits per heavy atom. The number of nitrogens with zero attached hydrogens (tertiary/aromatic N) is 5. The first-order valence-corrected chi connectivity index (χ1v) is 17.5. The molecule has 1 aromatic carbocycles. The van der Waals surface area contributed by atoms with Crippen molar-refractivity contribution in [2.45, 2.75) is 69.9 Å². The summed E-state index contributed by atoms with van der Waals surface area (Å²) in [6, 6.07) is 5.49. The van der Waals surface area contributed by atoms with Crippen molar-refractivity contribution in [2.75, 3.05) is 12.3 Å². The summed E-state index contributed by atoms with van der Waals surface area (Å²) in [6.45, 7) is 4.51. The molecule has 2 aliphatic heterocycles. The molecule has 3 aromatic rings. The molecule has 1 saturated heterocycles. The zero-order valence-corrected chi connectivity index (χ0v) is 29.1. The van der Waals surface area contributed by atoms with Crippen molar-refractivity contribution in [1.82, 2.24) is 14.7 Å². The fourth-order valence-corrected chi connectivity index (χ4v) is 6.79. The van der Waals surface area contributed by atoms with E-state index in [1.807, 2.05) is 40.9 Å². The second kappa shape index (κ2) is 13.7. The Bertz CT molecular complexity index is 1960. The number of amides is 1. The highest BCUT2D eigenvalue weighted by molar-refractivity contribution is 7.80. The maximum absolute atomic E-state index is 13.6. The molecule has 2 aliphatic rings. The van der Waals surface area contributed by atoms with Crippen molar-refractivity contribution in [3.05, 3.63) is 47.2 Å². The maximum atomic E-state index is 13.6. The first-order chi connectivity index (χ1) is 23.3. The van der Waals surface area contributed by atoms with E-state index in [2.05, 4.69) is 14.4 Å². The number of aryl methyl sites for hydroxylation is 2. The van der Waals surface area contributed by atoms with Crippen LogP contribution in [0.1, 0.15) is 44.9 Å². The number of carboxylic acid groups (broad SMARTS) is 1. The zero-order chi connectivity index (χ0) is 36.8. The van der Waals surface area contributed by atoms with Gasteiger partial charge in [-0.2, -0.15) is 14.0 Å². The van der Waals surface area contributed by atoms with Crippen LogP contribution in [0.15, 0.2) is 41.1 Å². The molecule has 4 heterocycles. The topological polar surface area (TPSA) is 266 Å². The number of fused-ring (bicyclic) bond motifs is 1. The van der Waals surface area contributed by atoms with Gasteiger partial charge in [-0.15, -0.1) is 16.0 Å². The second-order valence-electron chi connectivity index (χ2n) is 12.7. The first kappa shape index (κ1) is 36.8. The third kappa shape index (κ3) is 7.35. The molecular formula is C30H37N7O11S2.